The minimum atomic E-state index is -4.12. The second-order valence-corrected chi connectivity index (χ2v) is 10.2. The molecule has 0 unspecified atom stereocenters. The summed E-state index contributed by atoms with van der Waals surface area (Å²) in [5.74, 6) is 0.692. The summed E-state index contributed by atoms with van der Waals surface area (Å²) in [6.45, 7) is 0.622. The molecule has 0 aliphatic carbocycles. The molecule has 0 aliphatic heterocycles. The largest absolute Gasteiger partial charge is 0.490 e. The van der Waals surface area contributed by atoms with Crippen molar-refractivity contribution in [3.8, 4) is 5.75 Å². The highest BCUT2D eigenvalue weighted by Gasteiger charge is 2.27. The Morgan fingerprint density at radius 2 is 1.62 bits per heavy atom. The number of anilines is 1. The van der Waals surface area contributed by atoms with E-state index < -0.39 is 14.9 Å². The van der Waals surface area contributed by atoms with E-state index >= 15 is 0 Å². The van der Waals surface area contributed by atoms with Crippen molar-refractivity contribution in [3.63, 3.8) is 0 Å². The van der Waals surface area contributed by atoms with E-state index in [1.165, 1.54) is 6.07 Å². The smallest absolute Gasteiger partial charge is 0.224 e. The van der Waals surface area contributed by atoms with Gasteiger partial charge in [0, 0.05) is 22.5 Å². The highest BCUT2D eigenvalue weighted by atomic mass is 35.5. The van der Waals surface area contributed by atoms with Gasteiger partial charge in [0.15, 0.2) is 5.04 Å². The highest BCUT2D eigenvalue weighted by molar-refractivity contribution is 8.07. The van der Waals surface area contributed by atoms with Crippen LogP contribution in [0.1, 0.15) is 11.1 Å². The van der Waals surface area contributed by atoms with E-state index in [-0.39, 0.29) is 22.9 Å². The predicted octanol–water partition coefficient (Wildman–Crippen LogP) is 6.52. The first kappa shape index (κ1) is 24.1. The maximum absolute atomic E-state index is 13.6. The van der Waals surface area contributed by atoms with E-state index in [4.69, 9.17) is 33.3 Å². The normalized spacial score (nSPS) is 11.4. The number of ether oxygens (including phenoxy) is 1. The number of hydrogen-bond donors (Lipinski definition) is 2. The number of nitrogens with one attached hydrogen (secondary N) is 2. The Hall–Kier alpha value is -3.06. The van der Waals surface area contributed by atoms with Crippen LogP contribution in [0.5, 0.6) is 5.75 Å². The van der Waals surface area contributed by atoms with Gasteiger partial charge < -0.3 is 10.1 Å². The van der Waals surface area contributed by atoms with Crippen LogP contribution in [0.3, 0.4) is 0 Å². The molecule has 4 rings (SSSR count). The van der Waals surface area contributed by atoms with Crippen molar-refractivity contribution in [1.82, 2.24) is 0 Å². The van der Waals surface area contributed by atoms with Crippen LogP contribution in [0, 0.1) is 5.41 Å². The number of fused-ring (bicyclic) bond motifs is 1. The van der Waals surface area contributed by atoms with Crippen LogP contribution in [0.4, 0.5) is 5.69 Å². The van der Waals surface area contributed by atoms with Crippen molar-refractivity contribution in [2.45, 2.75) is 11.4 Å². The van der Waals surface area contributed by atoms with Gasteiger partial charge in [0.1, 0.15) is 12.4 Å². The third-order valence-corrected chi connectivity index (χ3v) is 7.39. The number of sulfone groups is 1. The summed E-state index contributed by atoms with van der Waals surface area (Å²) in [6, 6.07) is 24.6. The lowest BCUT2D eigenvalue weighted by Gasteiger charge is -2.18. The summed E-state index contributed by atoms with van der Waals surface area (Å²) in [7, 11) is -4.12. The number of rotatable bonds is 8. The minimum absolute atomic E-state index is 0.0892. The minimum Gasteiger partial charge on any atom is -0.490 e. The first-order valence-electron chi connectivity index (χ1n) is 10.5. The van der Waals surface area contributed by atoms with Crippen LogP contribution >= 0.6 is 23.2 Å². The molecule has 4 aromatic rings. The van der Waals surface area contributed by atoms with E-state index in [1.54, 1.807) is 48.5 Å². The summed E-state index contributed by atoms with van der Waals surface area (Å²) in [5, 5.41) is 13.5. The third-order valence-electron chi connectivity index (χ3n) is 5.30. The van der Waals surface area contributed by atoms with Gasteiger partial charge in [0.05, 0.1) is 16.5 Å². The summed E-state index contributed by atoms with van der Waals surface area (Å²) >= 11 is 11.8. The van der Waals surface area contributed by atoms with Crippen molar-refractivity contribution in [1.29, 1.82) is 5.41 Å². The van der Waals surface area contributed by atoms with E-state index in [0.717, 1.165) is 10.9 Å². The van der Waals surface area contributed by atoms with Crippen LogP contribution in [0.15, 0.2) is 89.8 Å². The van der Waals surface area contributed by atoms with Crippen molar-refractivity contribution in [2.24, 2.45) is 0 Å². The maximum Gasteiger partial charge on any atom is 0.224 e. The Labute approximate surface area is 208 Å². The van der Waals surface area contributed by atoms with E-state index in [1.807, 2.05) is 30.3 Å². The van der Waals surface area contributed by atoms with Gasteiger partial charge in [-0.1, -0.05) is 66.2 Å². The zero-order valence-electron chi connectivity index (χ0n) is 18.1. The lowest BCUT2D eigenvalue weighted by Crippen LogP contribution is -2.18. The molecule has 4 aromatic carbocycles. The number of benzene rings is 4. The van der Waals surface area contributed by atoms with Gasteiger partial charge in [-0.05, 0) is 41.3 Å². The van der Waals surface area contributed by atoms with E-state index in [9.17, 15) is 8.42 Å². The molecule has 8 heteroatoms. The molecule has 0 saturated heterocycles. The van der Waals surface area contributed by atoms with Crippen molar-refractivity contribution in [2.75, 3.05) is 17.8 Å². The first-order chi connectivity index (χ1) is 16.4. The Kier molecular flexibility index (Phi) is 7.41. The fourth-order valence-electron chi connectivity index (χ4n) is 3.65. The molecule has 2 N–H and O–H groups in total. The third kappa shape index (κ3) is 5.04. The maximum atomic E-state index is 13.6. The van der Waals surface area contributed by atoms with E-state index in [0.29, 0.717) is 28.4 Å². The summed E-state index contributed by atoms with van der Waals surface area (Å²) < 4.78 is 33.0. The quantitative estimate of drug-likeness (QED) is 0.160. The van der Waals surface area contributed by atoms with Gasteiger partial charge in [-0.2, -0.15) is 0 Å². The lowest BCUT2D eigenvalue weighted by atomic mass is 10.1. The molecule has 5 nitrogen and oxygen atoms in total. The van der Waals surface area contributed by atoms with Gasteiger partial charge in [0.2, 0.25) is 9.84 Å². The lowest BCUT2D eigenvalue weighted by molar-refractivity contribution is 0.344. The number of halogens is 2. The molecule has 0 aliphatic rings. The Bertz CT molecular complexity index is 1430. The second kappa shape index (κ2) is 10.5. The van der Waals surface area contributed by atoms with E-state index in [2.05, 4.69) is 5.32 Å². The Balaban J connectivity index is 1.76. The molecule has 174 valence electrons. The molecule has 0 heterocycles. The van der Waals surface area contributed by atoms with Crippen LogP contribution < -0.4 is 10.1 Å². The molecule has 0 amide bonds. The van der Waals surface area contributed by atoms with Crippen LogP contribution in [-0.4, -0.2) is 25.9 Å². The van der Waals surface area contributed by atoms with Crippen LogP contribution in [0.25, 0.3) is 10.8 Å². The average Bonchev–Trinajstić information content (AvgIpc) is 2.86. The number of hydrogen-bond acceptors (Lipinski definition) is 5. The average molecular weight is 513 g/mol. The molecular weight excluding hydrogens is 491 g/mol. The van der Waals surface area contributed by atoms with Crippen LogP contribution in [0.2, 0.25) is 5.02 Å². The molecule has 0 aromatic heterocycles. The second-order valence-electron chi connectivity index (χ2n) is 7.51. The van der Waals surface area contributed by atoms with Gasteiger partial charge in [0.25, 0.3) is 0 Å². The Morgan fingerprint density at radius 1 is 0.912 bits per heavy atom. The van der Waals surface area contributed by atoms with Crippen molar-refractivity contribution >= 4 is 54.5 Å². The van der Waals surface area contributed by atoms with Gasteiger partial charge >= 0.3 is 0 Å². The van der Waals surface area contributed by atoms with Gasteiger partial charge in [-0.15, -0.1) is 11.6 Å². The SMILES string of the molecule is N=C(c1cccc(OCCCl)c1NCc1ccc(Cl)cc1)S(=O)(=O)c1cccc2ccccc12. The Morgan fingerprint density at radius 3 is 2.38 bits per heavy atom. The monoisotopic (exact) mass is 512 g/mol. The van der Waals surface area contributed by atoms with Gasteiger partial charge in [-0.3, -0.25) is 5.41 Å². The molecule has 0 radical (unpaired) electrons. The number of para-hydroxylation sites is 1. The predicted molar refractivity (Wildman–Crippen MR) is 139 cm³/mol. The number of alkyl halides is 1. The van der Waals surface area contributed by atoms with Crippen LogP contribution in [-0.2, 0) is 16.4 Å². The standard InChI is InChI=1S/C26H22Cl2N2O3S/c27-15-16-33-23-9-4-8-22(25(23)30-17-18-11-13-20(28)14-12-18)26(29)34(31,32)24-10-3-6-19-5-1-2-7-21(19)24/h1-14,29-30H,15-17H2. The zero-order valence-corrected chi connectivity index (χ0v) is 20.4. The molecule has 0 saturated carbocycles. The molecule has 34 heavy (non-hydrogen) atoms. The molecule has 0 atom stereocenters. The molecule has 0 fully saturated rings. The fourth-order valence-corrected chi connectivity index (χ4v) is 5.26. The summed E-state index contributed by atoms with van der Waals surface area (Å²) in [5.41, 5.74) is 1.57. The zero-order chi connectivity index (χ0) is 24.1. The topological polar surface area (TPSA) is 79.2 Å². The fraction of sp³-hybridized carbons (Fsp3) is 0.115. The summed E-state index contributed by atoms with van der Waals surface area (Å²) in [6.07, 6.45) is 0. The first-order valence-corrected chi connectivity index (χ1v) is 12.9. The highest BCUT2D eigenvalue weighted by Crippen LogP contribution is 2.33. The summed E-state index contributed by atoms with van der Waals surface area (Å²) in [4.78, 5) is 0.0892. The van der Waals surface area contributed by atoms with Gasteiger partial charge in [-0.25, -0.2) is 8.42 Å². The molecule has 0 bridgehead atoms. The molecule has 0 spiro atoms. The van der Waals surface area contributed by atoms with Crippen molar-refractivity contribution in [3.05, 3.63) is 101 Å². The molecular formula is C26H22Cl2N2O3S. The van der Waals surface area contributed by atoms with Crippen molar-refractivity contribution < 1.29 is 13.2 Å².